The SMILES string of the molecule is CNC(=O)Nc1ccc2c(c1)CC[C@@]21OC(=O)N(CC(=O)N(Cc2ccc(F)cc2)[C@@H]2CCNC2)C1=O. The van der Waals surface area contributed by atoms with E-state index in [1.54, 1.807) is 35.2 Å². The van der Waals surface area contributed by atoms with Gasteiger partial charge in [0.15, 0.2) is 0 Å². The predicted molar refractivity (Wildman–Crippen MR) is 131 cm³/mol. The number of carbonyl (C=O) groups excluding carboxylic acids is 4. The normalized spacial score (nSPS) is 22.2. The number of urea groups is 1. The van der Waals surface area contributed by atoms with Gasteiger partial charge in [0.2, 0.25) is 11.5 Å². The number of anilines is 1. The molecule has 5 amide bonds. The van der Waals surface area contributed by atoms with Gasteiger partial charge in [-0.05, 0) is 54.8 Å². The van der Waals surface area contributed by atoms with Crippen LogP contribution in [0.4, 0.5) is 19.7 Å². The Balaban J connectivity index is 1.34. The highest BCUT2D eigenvalue weighted by Gasteiger charge is 2.58. The van der Waals surface area contributed by atoms with E-state index in [2.05, 4.69) is 16.0 Å². The topological polar surface area (TPSA) is 120 Å². The zero-order chi connectivity index (χ0) is 26.2. The van der Waals surface area contributed by atoms with Gasteiger partial charge in [-0.3, -0.25) is 9.59 Å². The number of nitrogens with zero attached hydrogens (tertiary/aromatic N) is 2. The number of nitrogens with one attached hydrogen (secondary N) is 3. The summed E-state index contributed by atoms with van der Waals surface area (Å²) >= 11 is 0. The molecule has 11 heteroatoms. The minimum absolute atomic E-state index is 0.112. The van der Waals surface area contributed by atoms with Crippen LogP contribution in [0.15, 0.2) is 42.5 Å². The summed E-state index contributed by atoms with van der Waals surface area (Å²) in [7, 11) is 1.51. The number of carbonyl (C=O) groups is 4. The van der Waals surface area contributed by atoms with Gasteiger partial charge in [0.05, 0.1) is 0 Å². The zero-order valence-electron chi connectivity index (χ0n) is 20.4. The lowest BCUT2D eigenvalue weighted by atomic mass is 9.94. The van der Waals surface area contributed by atoms with E-state index in [-0.39, 0.29) is 36.8 Å². The summed E-state index contributed by atoms with van der Waals surface area (Å²) in [6.07, 6.45) is 0.608. The van der Waals surface area contributed by atoms with Gasteiger partial charge in [0.1, 0.15) is 12.4 Å². The maximum absolute atomic E-state index is 13.6. The second kappa shape index (κ2) is 9.81. The average molecular weight is 510 g/mol. The molecule has 2 fully saturated rings. The minimum atomic E-state index is -1.48. The summed E-state index contributed by atoms with van der Waals surface area (Å²) in [4.78, 5) is 54.1. The van der Waals surface area contributed by atoms with Crippen molar-refractivity contribution in [1.29, 1.82) is 0 Å². The lowest BCUT2D eigenvalue weighted by Crippen LogP contribution is -2.48. The van der Waals surface area contributed by atoms with Crippen LogP contribution in [0.25, 0.3) is 0 Å². The van der Waals surface area contributed by atoms with E-state index in [1.807, 2.05) is 0 Å². The van der Waals surface area contributed by atoms with Gasteiger partial charge in [0.25, 0.3) is 5.91 Å². The molecule has 0 saturated carbocycles. The van der Waals surface area contributed by atoms with Crippen molar-refractivity contribution < 1.29 is 28.3 Å². The molecule has 37 heavy (non-hydrogen) atoms. The highest BCUT2D eigenvalue weighted by molar-refractivity contribution is 6.06. The van der Waals surface area contributed by atoms with Gasteiger partial charge in [0, 0.05) is 43.9 Å². The van der Waals surface area contributed by atoms with Crippen LogP contribution in [0.3, 0.4) is 0 Å². The summed E-state index contributed by atoms with van der Waals surface area (Å²) in [5.41, 5.74) is 1.18. The van der Waals surface area contributed by atoms with Crippen LogP contribution in [0.5, 0.6) is 0 Å². The number of imide groups is 1. The molecule has 0 radical (unpaired) electrons. The number of amides is 5. The fraction of sp³-hybridized carbons (Fsp3) is 0.385. The van der Waals surface area contributed by atoms with Crippen LogP contribution in [-0.2, 0) is 32.9 Å². The molecule has 0 unspecified atom stereocenters. The summed E-state index contributed by atoms with van der Waals surface area (Å²) in [6.45, 7) is 1.13. The quantitative estimate of drug-likeness (QED) is 0.549. The first-order valence-electron chi connectivity index (χ1n) is 12.2. The molecule has 0 bridgehead atoms. The molecule has 2 atom stereocenters. The van der Waals surface area contributed by atoms with Crippen LogP contribution in [-0.4, -0.2) is 66.5 Å². The van der Waals surface area contributed by atoms with Gasteiger partial charge in [-0.2, -0.15) is 0 Å². The number of benzene rings is 2. The van der Waals surface area contributed by atoms with Crippen molar-refractivity contribution in [1.82, 2.24) is 20.4 Å². The first-order chi connectivity index (χ1) is 17.8. The second-order valence-corrected chi connectivity index (χ2v) is 9.46. The third-order valence-electron chi connectivity index (χ3n) is 7.20. The first-order valence-corrected chi connectivity index (χ1v) is 12.2. The number of rotatable bonds is 6. The van der Waals surface area contributed by atoms with Gasteiger partial charge >= 0.3 is 12.1 Å². The minimum Gasteiger partial charge on any atom is -0.427 e. The molecule has 1 spiro atoms. The smallest absolute Gasteiger partial charge is 0.418 e. The monoisotopic (exact) mass is 509 g/mol. The Morgan fingerprint density at radius 2 is 2.00 bits per heavy atom. The van der Waals surface area contributed by atoms with E-state index in [1.165, 1.54) is 19.2 Å². The first kappa shape index (κ1) is 24.7. The van der Waals surface area contributed by atoms with Crippen LogP contribution in [0.1, 0.15) is 29.5 Å². The number of ether oxygens (including phenoxy) is 1. The number of hydrogen-bond donors (Lipinski definition) is 3. The largest absolute Gasteiger partial charge is 0.427 e. The molecule has 2 aromatic rings. The van der Waals surface area contributed by atoms with Crippen molar-refractivity contribution >= 4 is 29.6 Å². The van der Waals surface area contributed by atoms with Crippen molar-refractivity contribution in [3.05, 3.63) is 65.0 Å². The molecule has 5 rings (SSSR count). The summed E-state index contributed by atoms with van der Waals surface area (Å²) in [5.74, 6) is -1.32. The lowest BCUT2D eigenvalue weighted by molar-refractivity contribution is -0.143. The fourth-order valence-electron chi connectivity index (χ4n) is 5.26. The van der Waals surface area contributed by atoms with E-state index in [0.717, 1.165) is 29.0 Å². The molecule has 1 aliphatic carbocycles. The van der Waals surface area contributed by atoms with Crippen molar-refractivity contribution in [2.75, 3.05) is 32.0 Å². The molecule has 3 N–H and O–H groups in total. The molecule has 10 nitrogen and oxygen atoms in total. The van der Waals surface area contributed by atoms with Gasteiger partial charge in [-0.15, -0.1) is 0 Å². The van der Waals surface area contributed by atoms with Gasteiger partial charge in [-0.25, -0.2) is 18.9 Å². The molecular weight excluding hydrogens is 481 g/mol. The molecular formula is C26H28FN5O5. The van der Waals surface area contributed by atoms with Crippen molar-refractivity contribution in [3.8, 4) is 0 Å². The van der Waals surface area contributed by atoms with E-state index in [0.29, 0.717) is 24.2 Å². The Morgan fingerprint density at radius 1 is 1.22 bits per heavy atom. The maximum Gasteiger partial charge on any atom is 0.418 e. The van der Waals surface area contributed by atoms with Gasteiger partial charge < -0.3 is 25.6 Å². The Morgan fingerprint density at radius 3 is 2.70 bits per heavy atom. The van der Waals surface area contributed by atoms with E-state index >= 15 is 0 Å². The third-order valence-corrected chi connectivity index (χ3v) is 7.20. The summed E-state index contributed by atoms with van der Waals surface area (Å²) in [5, 5.41) is 8.39. The van der Waals surface area contributed by atoms with Crippen molar-refractivity contribution in [3.63, 3.8) is 0 Å². The van der Waals surface area contributed by atoms with Crippen molar-refractivity contribution in [2.24, 2.45) is 0 Å². The van der Waals surface area contributed by atoms with Crippen molar-refractivity contribution in [2.45, 2.75) is 37.5 Å². The van der Waals surface area contributed by atoms with E-state index in [9.17, 15) is 23.6 Å². The highest BCUT2D eigenvalue weighted by atomic mass is 19.1. The molecule has 194 valence electrons. The number of halogens is 1. The van der Waals surface area contributed by atoms with Crippen LogP contribution in [0.2, 0.25) is 0 Å². The van der Waals surface area contributed by atoms with Crippen LogP contribution >= 0.6 is 0 Å². The van der Waals surface area contributed by atoms with E-state index < -0.39 is 24.1 Å². The molecule has 0 aromatic heterocycles. The average Bonchev–Trinajstić information content (AvgIpc) is 3.60. The van der Waals surface area contributed by atoms with Gasteiger partial charge in [-0.1, -0.05) is 18.2 Å². The Kier molecular flexibility index (Phi) is 6.55. The van der Waals surface area contributed by atoms with E-state index in [4.69, 9.17) is 4.74 Å². The zero-order valence-corrected chi connectivity index (χ0v) is 20.4. The second-order valence-electron chi connectivity index (χ2n) is 9.46. The standard InChI is InChI=1S/C26H28FN5O5/c1-28-24(35)30-19-6-7-21-17(12-19)8-10-26(21)23(34)32(25(36)37-26)15-22(33)31(20-9-11-29-13-20)14-16-2-4-18(27)5-3-16/h2-7,12,20,29H,8-11,13-15H2,1H3,(H2,28,30,35)/t20-,26-/m1/s1. The lowest BCUT2D eigenvalue weighted by Gasteiger charge is -2.30. The Hall–Kier alpha value is -3.99. The summed E-state index contributed by atoms with van der Waals surface area (Å²) in [6, 6.07) is 10.5. The summed E-state index contributed by atoms with van der Waals surface area (Å²) < 4.78 is 19.0. The molecule has 2 heterocycles. The highest BCUT2D eigenvalue weighted by Crippen LogP contribution is 2.46. The van der Waals surface area contributed by atoms with Crippen LogP contribution < -0.4 is 16.0 Å². The Bertz CT molecular complexity index is 1250. The number of aryl methyl sites for hydroxylation is 1. The fourth-order valence-corrected chi connectivity index (χ4v) is 5.26. The predicted octanol–water partition coefficient (Wildman–Crippen LogP) is 2.09. The third kappa shape index (κ3) is 4.62. The number of fused-ring (bicyclic) bond motifs is 2. The maximum atomic E-state index is 13.6. The molecule has 2 aromatic carbocycles. The number of hydrogen-bond acceptors (Lipinski definition) is 6. The Labute approximate surface area is 213 Å². The molecule has 2 aliphatic heterocycles. The van der Waals surface area contributed by atoms with Crippen LogP contribution in [0, 0.1) is 5.82 Å². The molecule has 2 saturated heterocycles. The molecule has 3 aliphatic rings.